The van der Waals surface area contributed by atoms with Gasteiger partial charge in [-0.2, -0.15) is 13.2 Å². The zero-order chi connectivity index (χ0) is 17.0. The van der Waals surface area contributed by atoms with Crippen LogP contribution in [0.15, 0.2) is 24.3 Å². The van der Waals surface area contributed by atoms with E-state index in [1.54, 1.807) is 0 Å². The van der Waals surface area contributed by atoms with Gasteiger partial charge in [0.25, 0.3) is 0 Å². The van der Waals surface area contributed by atoms with Crippen LogP contribution in [0.2, 0.25) is 0 Å². The summed E-state index contributed by atoms with van der Waals surface area (Å²) in [6.45, 7) is 10.1. The largest absolute Gasteiger partial charge is 0.416 e. The number of nitrogens with zero attached hydrogens (tertiary/aromatic N) is 1. The molecule has 22 heavy (non-hydrogen) atoms. The number of rotatable bonds is 7. The first kappa shape index (κ1) is 18.7. The normalized spacial score (nSPS) is 12.7. The van der Waals surface area contributed by atoms with Crippen LogP contribution in [-0.2, 0) is 6.18 Å². The van der Waals surface area contributed by atoms with Crippen LogP contribution in [0, 0.1) is 5.41 Å². The number of hydrogen-bond donors (Lipinski definition) is 0. The fraction of sp³-hybridized carbons (Fsp3) is 0.588. The molecule has 1 aromatic rings. The van der Waals surface area contributed by atoms with Gasteiger partial charge in [0.2, 0.25) is 0 Å². The topological polar surface area (TPSA) is 20.3 Å². The summed E-state index contributed by atoms with van der Waals surface area (Å²) in [6, 6.07) is 4.46. The van der Waals surface area contributed by atoms with Gasteiger partial charge in [0.1, 0.15) is 0 Å². The summed E-state index contributed by atoms with van der Waals surface area (Å²) in [5.41, 5.74) is -1.04. The molecule has 0 unspecified atom stereocenters. The van der Waals surface area contributed by atoms with E-state index in [2.05, 4.69) is 11.8 Å². The average Bonchev–Trinajstić information content (AvgIpc) is 2.45. The molecule has 0 aliphatic carbocycles. The molecule has 1 rings (SSSR count). The number of benzene rings is 1. The summed E-state index contributed by atoms with van der Waals surface area (Å²) in [7, 11) is 0. The molecule has 0 aromatic heterocycles. The maximum absolute atomic E-state index is 12.6. The van der Waals surface area contributed by atoms with Crippen molar-refractivity contribution in [2.24, 2.45) is 5.41 Å². The molecule has 0 heterocycles. The van der Waals surface area contributed by atoms with Gasteiger partial charge in [-0.05, 0) is 31.6 Å². The lowest BCUT2D eigenvalue weighted by Crippen LogP contribution is -2.39. The van der Waals surface area contributed by atoms with Gasteiger partial charge in [-0.1, -0.05) is 39.8 Å². The van der Waals surface area contributed by atoms with Crippen molar-refractivity contribution in [1.82, 2.24) is 4.90 Å². The minimum Gasteiger partial charge on any atom is -0.303 e. The van der Waals surface area contributed by atoms with Crippen molar-refractivity contribution < 1.29 is 18.0 Å². The minimum atomic E-state index is -4.38. The van der Waals surface area contributed by atoms with Gasteiger partial charge in [-0.25, -0.2) is 0 Å². The highest BCUT2D eigenvalue weighted by atomic mass is 19.4. The predicted molar refractivity (Wildman–Crippen MR) is 82.0 cm³/mol. The Bertz CT molecular complexity index is 492. The van der Waals surface area contributed by atoms with Crippen molar-refractivity contribution in [1.29, 1.82) is 0 Å². The lowest BCUT2D eigenvalue weighted by Gasteiger charge is -2.31. The Balaban J connectivity index is 2.89. The number of Topliss-reactive ketones (excluding diaryl/α,β-unsaturated/α-hetero) is 1. The molecule has 124 valence electrons. The second kappa shape index (κ2) is 7.27. The molecule has 0 radical (unpaired) electrons. The number of alkyl halides is 3. The molecule has 0 aliphatic rings. The number of carbonyl (C=O) groups excluding carboxylic acids is 1. The monoisotopic (exact) mass is 315 g/mol. The number of halogens is 3. The van der Waals surface area contributed by atoms with Crippen LogP contribution >= 0.6 is 0 Å². The van der Waals surface area contributed by atoms with Crippen molar-refractivity contribution in [3.05, 3.63) is 35.4 Å². The Kier molecular flexibility index (Phi) is 6.17. The van der Waals surface area contributed by atoms with E-state index >= 15 is 0 Å². The summed E-state index contributed by atoms with van der Waals surface area (Å²) in [6.07, 6.45) is -3.38. The van der Waals surface area contributed by atoms with E-state index in [0.29, 0.717) is 12.1 Å². The van der Waals surface area contributed by atoms with Gasteiger partial charge in [0, 0.05) is 17.5 Å². The van der Waals surface area contributed by atoms with Crippen LogP contribution in [0.25, 0.3) is 0 Å². The van der Waals surface area contributed by atoms with Gasteiger partial charge in [-0.15, -0.1) is 0 Å². The van der Waals surface area contributed by atoms with Gasteiger partial charge >= 0.3 is 6.18 Å². The maximum atomic E-state index is 12.6. The van der Waals surface area contributed by atoms with E-state index in [0.717, 1.165) is 31.6 Å². The highest BCUT2D eigenvalue weighted by Crippen LogP contribution is 2.30. The first-order valence-corrected chi connectivity index (χ1v) is 7.56. The fourth-order valence-electron chi connectivity index (χ4n) is 2.50. The molecule has 0 fully saturated rings. The smallest absolute Gasteiger partial charge is 0.303 e. The maximum Gasteiger partial charge on any atom is 0.416 e. The van der Waals surface area contributed by atoms with E-state index < -0.39 is 17.2 Å². The highest BCUT2D eigenvalue weighted by Gasteiger charge is 2.33. The first-order chi connectivity index (χ1) is 10.1. The molecule has 1 aromatic carbocycles. The molecule has 5 heteroatoms. The molecule has 0 aliphatic heterocycles. The van der Waals surface area contributed by atoms with E-state index in [-0.39, 0.29) is 5.78 Å². The Labute approximate surface area is 130 Å². The Morgan fingerprint density at radius 1 is 1.09 bits per heavy atom. The zero-order valence-electron chi connectivity index (χ0n) is 13.6. The van der Waals surface area contributed by atoms with Crippen LogP contribution < -0.4 is 0 Å². The quantitative estimate of drug-likeness (QED) is 0.683. The molecule has 0 N–H and O–H groups in total. The van der Waals surface area contributed by atoms with Gasteiger partial charge < -0.3 is 4.90 Å². The van der Waals surface area contributed by atoms with Gasteiger partial charge in [-0.3, -0.25) is 4.79 Å². The lowest BCUT2D eigenvalue weighted by atomic mass is 9.83. The second-order valence-electron chi connectivity index (χ2n) is 6.16. The molecule has 0 atom stereocenters. The van der Waals surface area contributed by atoms with Gasteiger partial charge in [0.15, 0.2) is 5.78 Å². The standard InChI is InChI=1S/C17H24F3NO/c1-5-11-21(6-2)12-16(3,4)15(22)13-7-9-14(10-8-13)17(18,19)20/h7-10H,5-6,11-12H2,1-4H3. The molecule has 0 spiro atoms. The summed E-state index contributed by atoms with van der Waals surface area (Å²) < 4.78 is 37.7. The van der Waals surface area contributed by atoms with Gasteiger partial charge in [0.05, 0.1) is 5.56 Å². The molecule has 0 saturated carbocycles. The van der Waals surface area contributed by atoms with Crippen LogP contribution in [0.4, 0.5) is 13.2 Å². The van der Waals surface area contributed by atoms with Crippen LogP contribution in [0.5, 0.6) is 0 Å². The molecule has 2 nitrogen and oxygen atoms in total. The number of carbonyl (C=O) groups is 1. The summed E-state index contributed by atoms with van der Waals surface area (Å²) in [5.74, 6) is -0.129. The third-order valence-electron chi connectivity index (χ3n) is 3.70. The highest BCUT2D eigenvalue weighted by molar-refractivity contribution is 6.00. The van der Waals surface area contributed by atoms with Crippen molar-refractivity contribution in [3.63, 3.8) is 0 Å². The van der Waals surface area contributed by atoms with Crippen LogP contribution in [0.1, 0.15) is 50.0 Å². The number of ketones is 1. The molecule has 0 amide bonds. The summed E-state index contributed by atoms with van der Waals surface area (Å²) in [4.78, 5) is 14.8. The third-order valence-corrected chi connectivity index (χ3v) is 3.70. The predicted octanol–water partition coefficient (Wildman–Crippen LogP) is 4.65. The van der Waals surface area contributed by atoms with Crippen molar-refractivity contribution in [2.75, 3.05) is 19.6 Å². The Morgan fingerprint density at radius 3 is 2.05 bits per heavy atom. The van der Waals surface area contributed by atoms with E-state index in [1.807, 2.05) is 20.8 Å². The minimum absolute atomic E-state index is 0.129. The summed E-state index contributed by atoms with van der Waals surface area (Å²) >= 11 is 0. The molecule has 0 bridgehead atoms. The van der Waals surface area contributed by atoms with Crippen molar-refractivity contribution >= 4 is 5.78 Å². The Hall–Kier alpha value is -1.36. The SMILES string of the molecule is CCCN(CC)CC(C)(C)C(=O)c1ccc(C(F)(F)F)cc1. The van der Waals surface area contributed by atoms with Crippen molar-refractivity contribution in [3.8, 4) is 0 Å². The van der Waals surface area contributed by atoms with Crippen molar-refractivity contribution in [2.45, 2.75) is 40.3 Å². The third kappa shape index (κ3) is 4.83. The first-order valence-electron chi connectivity index (χ1n) is 7.56. The van der Waals surface area contributed by atoms with E-state index in [9.17, 15) is 18.0 Å². The van der Waals surface area contributed by atoms with Crippen LogP contribution in [0.3, 0.4) is 0 Å². The molecule has 0 saturated heterocycles. The summed E-state index contributed by atoms with van der Waals surface area (Å²) in [5, 5.41) is 0. The van der Waals surface area contributed by atoms with E-state index in [1.165, 1.54) is 12.1 Å². The average molecular weight is 315 g/mol. The second-order valence-corrected chi connectivity index (χ2v) is 6.16. The zero-order valence-corrected chi connectivity index (χ0v) is 13.6. The Morgan fingerprint density at radius 2 is 1.64 bits per heavy atom. The van der Waals surface area contributed by atoms with E-state index in [4.69, 9.17) is 0 Å². The fourth-order valence-corrected chi connectivity index (χ4v) is 2.50. The van der Waals surface area contributed by atoms with Crippen LogP contribution in [-0.4, -0.2) is 30.3 Å². The lowest BCUT2D eigenvalue weighted by molar-refractivity contribution is -0.137. The molecular weight excluding hydrogens is 291 g/mol. The number of hydrogen-bond acceptors (Lipinski definition) is 2. The molecular formula is C17H24F3NO.